The summed E-state index contributed by atoms with van der Waals surface area (Å²) in [5.41, 5.74) is 0.985. The van der Waals surface area contributed by atoms with Crippen LogP contribution in [0, 0.1) is 5.92 Å². The van der Waals surface area contributed by atoms with E-state index >= 15 is 0 Å². The van der Waals surface area contributed by atoms with Crippen molar-refractivity contribution in [3.63, 3.8) is 0 Å². The number of piperidine rings is 1. The fraction of sp³-hybridized carbons (Fsp3) is 0.619. The van der Waals surface area contributed by atoms with Crippen LogP contribution >= 0.6 is 12.4 Å². The molecule has 0 saturated carbocycles. The van der Waals surface area contributed by atoms with E-state index in [1.807, 2.05) is 40.1 Å². The predicted octanol–water partition coefficient (Wildman–Crippen LogP) is 1.75. The third-order valence-corrected chi connectivity index (χ3v) is 6.28. The van der Waals surface area contributed by atoms with Crippen LogP contribution in [0.4, 0.5) is 5.69 Å². The summed E-state index contributed by atoms with van der Waals surface area (Å²) in [6.45, 7) is 6.94. The van der Waals surface area contributed by atoms with E-state index in [1.165, 1.54) is 0 Å². The number of anilines is 1. The second-order valence-electron chi connectivity index (χ2n) is 8.07. The summed E-state index contributed by atoms with van der Waals surface area (Å²) >= 11 is 0. The summed E-state index contributed by atoms with van der Waals surface area (Å²) in [5, 5.41) is 3.42. The molecule has 3 aliphatic heterocycles. The molecule has 6 nitrogen and oxygen atoms in total. The Morgan fingerprint density at radius 1 is 1.04 bits per heavy atom. The third kappa shape index (κ3) is 4.34. The standard InChI is InChI=1S/C21H30N4O2.ClH/c1-16-15-17(7-9-22-16)20(26)24-13-11-23(12-14-24)19-8-10-25(21(19)27)18-5-3-2-4-6-18;/h2-6,16-17,19,22H,7-15H2,1H3;1H/t16-,17-,19?;/m0./s1. The first-order valence-corrected chi connectivity index (χ1v) is 10.3. The smallest absolute Gasteiger partial charge is 0.244 e. The quantitative estimate of drug-likeness (QED) is 0.830. The second kappa shape index (κ2) is 9.25. The highest BCUT2D eigenvalue weighted by Crippen LogP contribution is 2.26. The van der Waals surface area contributed by atoms with Crippen LogP contribution in [0.25, 0.3) is 0 Å². The van der Waals surface area contributed by atoms with Gasteiger partial charge in [-0.1, -0.05) is 18.2 Å². The minimum Gasteiger partial charge on any atom is -0.340 e. The van der Waals surface area contributed by atoms with Crippen LogP contribution in [0.1, 0.15) is 26.2 Å². The number of piperazine rings is 1. The number of carbonyl (C=O) groups excluding carboxylic acids is 2. The average Bonchev–Trinajstić information content (AvgIpc) is 3.09. The number of hydrogen-bond acceptors (Lipinski definition) is 4. The van der Waals surface area contributed by atoms with Gasteiger partial charge < -0.3 is 15.1 Å². The summed E-state index contributed by atoms with van der Waals surface area (Å²) in [4.78, 5) is 31.9. The number of para-hydroxylation sites is 1. The first-order chi connectivity index (χ1) is 13.1. The molecule has 154 valence electrons. The van der Waals surface area contributed by atoms with E-state index < -0.39 is 0 Å². The Hall–Kier alpha value is -1.63. The molecule has 0 aromatic heterocycles. The van der Waals surface area contributed by atoms with E-state index in [0.29, 0.717) is 11.9 Å². The monoisotopic (exact) mass is 406 g/mol. The van der Waals surface area contributed by atoms with Gasteiger partial charge in [0.1, 0.15) is 0 Å². The molecule has 3 heterocycles. The van der Waals surface area contributed by atoms with Gasteiger partial charge in [0.25, 0.3) is 0 Å². The van der Waals surface area contributed by atoms with Gasteiger partial charge in [0, 0.05) is 50.4 Å². The molecule has 1 unspecified atom stereocenters. The zero-order chi connectivity index (χ0) is 18.8. The molecule has 3 atom stereocenters. The van der Waals surface area contributed by atoms with Crippen molar-refractivity contribution in [1.82, 2.24) is 15.1 Å². The van der Waals surface area contributed by atoms with Gasteiger partial charge in [-0.05, 0) is 44.9 Å². The maximum absolute atomic E-state index is 12.9. The zero-order valence-electron chi connectivity index (χ0n) is 16.5. The SMILES string of the molecule is C[C@H]1C[C@@H](C(=O)N2CCN(C3CCN(c4ccccc4)C3=O)CC2)CCN1.Cl. The summed E-state index contributed by atoms with van der Waals surface area (Å²) < 4.78 is 0. The van der Waals surface area contributed by atoms with Gasteiger partial charge in [-0.25, -0.2) is 0 Å². The van der Waals surface area contributed by atoms with Crippen LogP contribution in [-0.4, -0.2) is 73.0 Å². The summed E-state index contributed by atoms with van der Waals surface area (Å²) in [7, 11) is 0. The molecule has 1 aromatic rings. The second-order valence-corrected chi connectivity index (χ2v) is 8.07. The lowest BCUT2D eigenvalue weighted by molar-refractivity contribution is -0.139. The molecule has 3 aliphatic rings. The van der Waals surface area contributed by atoms with E-state index in [1.54, 1.807) is 0 Å². The van der Waals surface area contributed by atoms with Crippen LogP contribution in [0.5, 0.6) is 0 Å². The van der Waals surface area contributed by atoms with Crippen LogP contribution < -0.4 is 10.2 Å². The molecule has 0 aliphatic carbocycles. The molecular weight excluding hydrogens is 376 g/mol. The number of amides is 2. The minimum atomic E-state index is -0.0404. The van der Waals surface area contributed by atoms with Crippen molar-refractivity contribution in [2.75, 3.05) is 44.2 Å². The summed E-state index contributed by atoms with van der Waals surface area (Å²) in [5.74, 6) is 0.675. The van der Waals surface area contributed by atoms with Crippen molar-refractivity contribution in [3.05, 3.63) is 30.3 Å². The molecule has 28 heavy (non-hydrogen) atoms. The Kier molecular flexibility index (Phi) is 6.96. The van der Waals surface area contributed by atoms with Crippen molar-refractivity contribution in [1.29, 1.82) is 0 Å². The number of benzene rings is 1. The number of halogens is 1. The zero-order valence-corrected chi connectivity index (χ0v) is 17.4. The van der Waals surface area contributed by atoms with Crippen molar-refractivity contribution in [3.8, 4) is 0 Å². The highest BCUT2D eigenvalue weighted by atomic mass is 35.5. The minimum absolute atomic E-state index is 0. The number of rotatable bonds is 3. The molecular formula is C21H31ClN4O2. The summed E-state index contributed by atoms with van der Waals surface area (Å²) in [6, 6.07) is 10.3. The lowest BCUT2D eigenvalue weighted by atomic mass is 9.92. The first kappa shape index (κ1) is 21.1. The Morgan fingerprint density at radius 2 is 1.75 bits per heavy atom. The van der Waals surface area contributed by atoms with Gasteiger partial charge in [0.2, 0.25) is 11.8 Å². The fourth-order valence-electron chi connectivity index (χ4n) is 4.74. The predicted molar refractivity (Wildman–Crippen MR) is 113 cm³/mol. The summed E-state index contributed by atoms with van der Waals surface area (Å²) in [6.07, 6.45) is 2.75. The number of nitrogens with one attached hydrogen (secondary N) is 1. The van der Waals surface area contributed by atoms with Crippen LogP contribution in [0.3, 0.4) is 0 Å². The molecule has 0 spiro atoms. The first-order valence-electron chi connectivity index (χ1n) is 10.3. The van der Waals surface area contributed by atoms with E-state index in [4.69, 9.17) is 0 Å². The van der Waals surface area contributed by atoms with Gasteiger partial charge in [0.15, 0.2) is 0 Å². The maximum atomic E-state index is 12.9. The van der Waals surface area contributed by atoms with Gasteiger partial charge in [0.05, 0.1) is 6.04 Å². The van der Waals surface area contributed by atoms with Gasteiger partial charge in [-0.3, -0.25) is 14.5 Å². The van der Waals surface area contributed by atoms with Crippen molar-refractivity contribution < 1.29 is 9.59 Å². The van der Waals surface area contributed by atoms with E-state index in [0.717, 1.165) is 64.2 Å². The fourth-order valence-corrected chi connectivity index (χ4v) is 4.74. The van der Waals surface area contributed by atoms with Gasteiger partial charge >= 0.3 is 0 Å². The lowest BCUT2D eigenvalue weighted by Crippen LogP contribution is -2.55. The molecule has 2 amide bonds. The third-order valence-electron chi connectivity index (χ3n) is 6.28. The van der Waals surface area contributed by atoms with Crippen molar-refractivity contribution in [2.24, 2.45) is 5.92 Å². The largest absolute Gasteiger partial charge is 0.340 e. The molecule has 3 fully saturated rings. The van der Waals surface area contributed by atoms with Crippen molar-refractivity contribution in [2.45, 2.75) is 38.3 Å². The van der Waals surface area contributed by atoms with Crippen LogP contribution in [0.2, 0.25) is 0 Å². The lowest BCUT2D eigenvalue weighted by Gasteiger charge is -2.39. The van der Waals surface area contributed by atoms with E-state index in [2.05, 4.69) is 17.1 Å². The molecule has 0 bridgehead atoms. The Bertz CT molecular complexity index is 678. The number of hydrogen-bond donors (Lipinski definition) is 1. The Morgan fingerprint density at radius 3 is 2.43 bits per heavy atom. The molecule has 0 radical (unpaired) electrons. The molecule has 4 rings (SSSR count). The van der Waals surface area contributed by atoms with Crippen LogP contribution in [0.15, 0.2) is 30.3 Å². The van der Waals surface area contributed by atoms with Crippen LogP contribution in [-0.2, 0) is 9.59 Å². The van der Waals surface area contributed by atoms with E-state index in [-0.39, 0.29) is 30.3 Å². The van der Waals surface area contributed by atoms with Gasteiger partial charge in [-0.15, -0.1) is 12.4 Å². The molecule has 1 aromatic carbocycles. The van der Waals surface area contributed by atoms with Crippen molar-refractivity contribution >= 4 is 29.9 Å². The molecule has 3 saturated heterocycles. The molecule has 7 heteroatoms. The number of nitrogens with zero attached hydrogens (tertiary/aromatic N) is 3. The van der Waals surface area contributed by atoms with E-state index in [9.17, 15) is 9.59 Å². The Labute approximate surface area is 173 Å². The normalized spacial score (nSPS) is 28.9. The van der Waals surface area contributed by atoms with Gasteiger partial charge in [-0.2, -0.15) is 0 Å². The number of carbonyl (C=O) groups is 2. The highest BCUT2D eigenvalue weighted by Gasteiger charge is 2.39. The Balaban J connectivity index is 0.00000225. The topological polar surface area (TPSA) is 55.9 Å². The highest BCUT2D eigenvalue weighted by molar-refractivity contribution is 5.99. The maximum Gasteiger partial charge on any atom is 0.244 e. The average molecular weight is 407 g/mol. The molecule has 1 N–H and O–H groups in total.